The third-order valence-electron chi connectivity index (χ3n) is 8.24. The van der Waals surface area contributed by atoms with E-state index in [1.165, 1.54) is 24.3 Å². The summed E-state index contributed by atoms with van der Waals surface area (Å²) in [4.78, 5) is 63.1. The summed E-state index contributed by atoms with van der Waals surface area (Å²) in [5.41, 5.74) is 5.79. The quantitative estimate of drug-likeness (QED) is 0.324. The van der Waals surface area contributed by atoms with Crippen molar-refractivity contribution in [3.63, 3.8) is 0 Å². The lowest BCUT2D eigenvalue weighted by Crippen LogP contribution is -2.60. The molecule has 2 aliphatic heterocycles. The zero-order valence-corrected chi connectivity index (χ0v) is 21.5. The summed E-state index contributed by atoms with van der Waals surface area (Å²) in [5, 5.41) is 9.60. The van der Waals surface area contributed by atoms with Gasteiger partial charge in [0.2, 0.25) is 11.8 Å². The molecule has 6 amide bonds. The molecule has 1 saturated carbocycles. The molecule has 2 aromatic rings. The second-order valence-corrected chi connectivity index (χ2v) is 11.3. The van der Waals surface area contributed by atoms with Gasteiger partial charge in [0, 0.05) is 0 Å². The number of nitrogens with two attached hydrogens (primary N) is 1. The van der Waals surface area contributed by atoms with E-state index >= 15 is 0 Å². The molecule has 3 heterocycles. The van der Waals surface area contributed by atoms with Crippen LogP contribution in [0.4, 0.5) is 14.9 Å². The van der Waals surface area contributed by atoms with Crippen LogP contribution in [0, 0.1) is 23.6 Å². The van der Waals surface area contributed by atoms with E-state index in [9.17, 15) is 33.5 Å². The molecule has 2 aliphatic carbocycles. The fourth-order valence-electron chi connectivity index (χ4n) is 6.56. The number of hydrogen-bond acceptors (Lipinski definition) is 7. The highest BCUT2D eigenvalue weighted by atomic mass is 35.5. The normalized spacial score (nSPS) is 33.7. The molecule has 2 saturated heterocycles. The lowest BCUT2D eigenvalue weighted by Gasteiger charge is -2.49. The van der Waals surface area contributed by atoms with Gasteiger partial charge in [0.25, 0.3) is 11.8 Å². The predicted octanol–water partition coefficient (Wildman–Crippen LogP) is 2.55. The number of benzene rings is 1. The number of furan rings is 1. The number of aliphatic hydroxyl groups is 1. The van der Waals surface area contributed by atoms with Crippen molar-refractivity contribution in [1.82, 2.24) is 4.90 Å². The van der Waals surface area contributed by atoms with Crippen LogP contribution in [0.5, 0.6) is 0 Å². The molecule has 6 atom stereocenters. The van der Waals surface area contributed by atoms with E-state index in [0.717, 1.165) is 17.0 Å². The molecule has 202 valence electrons. The number of amides is 6. The maximum atomic E-state index is 14.1. The van der Waals surface area contributed by atoms with Crippen LogP contribution in [0.2, 0.25) is 0 Å². The highest BCUT2D eigenvalue weighted by Gasteiger charge is 2.77. The van der Waals surface area contributed by atoms with Gasteiger partial charge in [-0.3, -0.25) is 19.2 Å². The minimum Gasteiger partial charge on any atom is -0.463 e. The summed E-state index contributed by atoms with van der Waals surface area (Å²) in [6.45, 7) is -0.462. The Kier molecular flexibility index (Phi) is 5.59. The topological polar surface area (TPSA) is 151 Å². The summed E-state index contributed by atoms with van der Waals surface area (Å²) in [6, 6.07) is 6.37. The first kappa shape index (κ1) is 25.7. The number of likely N-dealkylation sites (tertiary alicyclic amines) is 1. The van der Waals surface area contributed by atoms with Gasteiger partial charge in [-0.05, 0) is 55.2 Å². The number of fused-ring (bicyclic) bond motifs is 4. The number of primary amides is 1. The van der Waals surface area contributed by atoms with Crippen LogP contribution in [0.15, 0.2) is 52.5 Å². The van der Waals surface area contributed by atoms with E-state index in [1.807, 2.05) is 0 Å². The van der Waals surface area contributed by atoms with Gasteiger partial charge in [-0.1, -0.05) is 11.6 Å². The smallest absolute Gasteiger partial charge is 0.328 e. The third-order valence-corrected chi connectivity index (χ3v) is 9.65. The Labute approximate surface area is 230 Å². The minimum atomic E-state index is -2.16. The van der Waals surface area contributed by atoms with Gasteiger partial charge in [-0.25, -0.2) is 14.1 Å². The largest absolute Gasteiger partial charge is 0.463 e. The molecule has 10 nitrogen and oxygen atoms in total. The van der Waals surface area contributed by atoms with E-state index in [2.05, 4.69) is 0 Å². The molecule has 13 heteroatoms. The molecule has 3 fully saturated rings. The molecule has 1 aromatic heterocycles. The molecule has 39 heavy (non-hydrogen) atoms. The molecule has 3 N–H and O–H groups in total. The molecule has 0 unspecified atom stereocenters. The number of imide groups is 4. The summed E-state index contributed by atoms with van der Waals surface area (Å²) in [5.74, 6) is -7.75. The van der Waals surface area contributed by atoms with Crippen molar-refractivity contribution in [2.24, 2.45) is 23.5 Å². The van der Waals surface area contributed by atoms with E-state index < -0.39 is 75.5 Å². The van der Waals surface area contributed by atoms with E-state index in [1.54, 1.807) is 6.08 Å². The Morgan fingerprint density at radius 1 is 1.05 bits per heavy atom. The number of aliphatic hydroxyl groups excluding tert-OH is 1. The van der Waals surface area contributed by atoms with Gasteiger partial charge in [0.1, 0.15) is 23.9 Å². The first-order valence-corrected chi connectivity index (χ1v) is 12.8. The maximum absolute atomic E-state index is 14.1. The Morgan fingerprint density at radius 2 is 1.74 bits per heavy atom. The van der Waals surface area contributed by atoms with Gasteiger partial charge in [0.15, 0.2) is 9.75 Å². The van der Waals surface area contributed by atoms with Crippen molar-refractivity contribution < 1.29 is 37.9 Å². The van der Waals surface area contributed by atoms with Gasteiger partial charge in [-0.2, -0.15) is 4.90 Å². The third kappa shape index (κ3) is 3.20. The van der Waals surface area contributed by atoms with Crippen molar-refractivity contribution >= 4 is 58.5 Å². The number of hydrogen-bond donors (Lipinski definition) is 2. The van der Waals surface area contributed by atoms with Crippen LogP contribution < -0.4 is 10.6 Å². The van der Waals surface area contributed by atoms with E-state index in [-0.39, 0.29) is 30.0 Å². The number of carbonyl (C=O) groups is 5. The fraction of sp³-hybridized carbons (Fsp3) is 0.346. The number of urea groups is 1. The molecule has 0 radical (unpaired) electrons. The van der Waals surface area contributed by atoms with E-state index in [0.29, 0.717) is 10.5 Å². The summed E-state index contributed by atoms with van der Waals surface area (Å²) < 4.78 is 19.4. The second kappa shape index (κ2) is 8.48. The SMILES string of the molecule is NC(=O)N1C(=O)[C@H]2[C@H](CC=C3[C@H]2C[C@@]2(Cl)C(=O)N(c4ccc(F)cc4)C(=O)[C@@]2(Cl)[C@H]3c2ccc(CO)o2)C1=O. The lowest BCUT2D eigenvalue weighted by atomic mass is 9.57. The molecule has 0 spiro atoms. The maximum Gasteiger partial charge on any atom is 0.328 e. The van der Waals surface area contributed by atoms with Crippen LogP contribution in [-0.2, 0) is 25.8 Å². The highest BCUT2D eigenvalue weighted by molar-refractivity contribution is 6.58. The first-order valence-electron chi connectivity index (χ1n) is 12.0. The number of allylic oxidation sites excluding steroid dienone is 2. The Morgan fingerprint density at radius 3 is 2.36 bits per heavy atom. The van der Waals surface area contributed by atoms with Gasteiger partial charge < -0.3 is 15.3 Å². The lowest BCUT2D eigenvalue weighted by molar-refractivity contribution is -0.136. The predicted molar refractivity (Wildman–Crippen MR) is 133 cm³/mol. The molecule has 1 aromatic carbocycles. The van der Waals surface area contributed by atoms with Crippen molar-refractivity contribution in [2.45, 2.75) is 35.1 Å². The number of alkyl halides is 2. The zero-order chi connectivity index (χ0) is 28.0. The number of nitrogens with zero attached hydrogens (tertiary/aromatic N) is 2. The first-order chi connectivity index (χ1) is 18.5. The molecular formula is C26H20Cl2FN3O7. The zero-order valence-electron chi connectivity index (χ0n) is 20.0. The van der Waals surface area contributed by atoms with Crippen molar-refractivity contribution in [3.8, 4) is 0 Å². The Bertz CT molecular complexity index is 1510. The number of rotatable bonds is 3. The average Bonchev–Trinajstić information content (AvgIpc) is 3.51. The molecule has 4 aliphatic rings. The molecule has 6 rings (SSSR count). The summed E-state index contributed by atoms with van der Waals surface area (Å²) >= 11 is 14.3. The monoisotopic (exact) mass is 575 g/mol. The fourth-order valence-corrected chi connectivity index (χ4v) is 7.48. The highest BCUT2D eigenvalue weighted by Crippen LogP contribution is 2.65. The minimum absolute atomic E-state index is 0.0388. The Balaban J connectivity index is 1.55. The molecule has 0 bridgehead atoms. The number of anilines is 1. The van der Waals surface area contributed by atoms with Gasteiger partial charge >= 0.3 is 6.03 Å². The van der Waals surface area contributed by atoms with Crippen molar-refractivity contribution in [2.75, 3.05) is 4.90 Å². The van der Waals surface area contributed by atoms with Crippen LogP contribution >= 0.6 is 23.2 Å². The van der Waals surface area contributed by atoms with Crippen LogP contribution in [0.3, 0.4) is 0 Å². The standard InChI is InChI=1S/C26H20Cl2FN3O7/c27-25-9-16-14(6-7-15-18(16)21(35)32(20(15)34)24(30)38)19(17-8-5-13(10-33)39-17)26(25,28)23(37)31(22(25)36)12-3-1-11(29)2-4-12/h1-6,8,15-16,18-19,33H,7,9-10H2,(H2,30,38)/t15-,16+,18-,19+,25+,26-/m0/s1. The summed E-state index contributed by atoms with van der Waals surface area (Å²) in [6.07, 6.45) is 1.39. The van der Waals surface area contributed by atoms with Gasteiger partial charge in [-0.15, -0.1) is 23.2 Å². The summed E-state index contributed by atoms with van der Waals surface area (Å²) in [7, 11) is 0. The van der Waals surface area contributed by atoms with Crippen molar-refractivity contribution in [3.05, 3.63) is 65.4 Å². The molecular weight excluding hydrogens is 556 g/mol. The number of halogens is 3. The van der Waals surface area contributed by atoms with Crippen LogP contribution in [0.25, 0.3) is 0 Å². The van der Waals surface area contributed by atoms with Crippen LogP contribution in [-0.4, -0.2) is 49.4 Å². The van der Waals surface area contributed by atoms with Crippen molar-refractivity contribution in [1.29, 1.82) is 0 Å². The average molecular weight is 576 g/mol. The van der Waals surface area contributed by atoms with E-state index in [4.69, 9.17) is 33.4 Å². The van der Waals surface area contributed by atoms with Gasteiger partial charge in [0.05, 0.1) is 23.4 Å². The van der Waals surface area contributed by atoms with Crippen LogP contribution in [0.1, 0.15) is 30.3 Å². The Hall–Kier alpha value is -3.54. The second-order valence-electron chi connectivity index (χ2n) is 10.1. The number of carbonyl (C=O) groups excluding carboxylic acids is 5.